The Bertz CT molecular complexity index is 519. The lowest BCUT2D eigenvalue weighted by molar-refractivity contribution is -0.274. The molecule has 0 atom stereocenters. The topological polar surface area (TPSA) is 55.5 Å². The maximum atomic E-state index is 11.9. The fraction of sp³-hybridized carbons (Fsp3) is 0.182. The molecule has 1 N–H and O–H groups in total. The van der Waals surface area contributed by atoms with Crippen molar-refractivity contribution in [1.82, 2.24) is 5.16 Å². The van der Waals surface area contributed by atoms with Crippen LogP contribution in [0.1, 0.15) is 5.69 Å². The minimum atomic E-state index is -4.71. The number of alkyl halides is 3. The lowest BCUT2D eigenvalue weighted by Crippen LogP contribution is -2.16. The maximum Gasteiger partial charge on any atom is 0.573 e. The Hall–Kier alpha value is -2.02. The molecule has 0 saturated heterocycles. The van der Waals surface area contributed by atoms with E-state index in [0.29, 0.717) is 17.0 Å². The third-order valence-corrected chi connectivity index (χ3v) is 2.09. The second-order valence-electron chi connectivity index (χ2n) is 3.41. The Kier molecular flexibility index (Phi) is 3.24. The van der Waals surface area contributed by atoms with E-state index in [1.54, 1.807) is 0 Å². The van der Waals surface area contributed by atoms with Crippen LogP contribution < -0.4 is 4.74 Å². The summed E-state index contributed by atoms with van der Waals surface area (Å²) in [4.78, 5) is 0. The zero-order chi connectivity index (χ0) is 13.2. The maximum absolute atomic E-state index is 11.9. The van der Waals surface area contributed by atoms with E-state index in [1.165, 1.54) is 30.3 Å². The molecular formula is C11H8F3NO3. The Labute approximate surface area is 99.6 Å². The molecule has 4 nitrogen and oxygen atoms in total. The average molecular weight is 259 g/mol. The molecule has 18 heavy (non-hydrogen) atoms. The van der Waals surface area contributed by atoms with Gasteiger partial charge in [-0.1, -0.05) is 5.16 Å². The highest BCUT2D eigenvalue weighted by Gasteiger charge is 2.30. The van der Waals surface area contributed by atoms with Crippen molar-refractivity contribution in [1.29, 1.82) is 0 Å². The van der Waals surface area contributed by atoms with E-state index in [2.05, 4.69) is 9.89 Å². The summed E-state index contributed by atoms with van der Waals surface area (Å²) < 4.78 is 44.4. The van der Waals surface area contributed by atoms with Gasteiger partial charge < -0.3 is 14.4 Å². The van der Waals surface area contributed by atoms with Gasteiger partial charge in [0.15, 0.2) is 5.76 Å². The third-order valence-electron chi connectivity index (χ3n) is 2.09. The number of benzene rings is 1. The number of ether oxygens (including phenoxy) is 1. The predicted octanol–water partition coefficient (Wildman–Crippen LogP) is 2.73. The van der Waals surface area contributed by atoms with Crippen LogP contribution in [0.4, 0.5) is 13.2 Å². The molecule has 1 aromatic carbocycles. The largest absolute Gasteiger partial charge is 0.573 e. The van der Waals surface area contributed by atoms with Crippen molar-refractivity contribution in [2.45, 2.75) is 13.0 Å². The van der Waals surface area contributed by atoms with Gasteiger partial charge in [-0.3, -0.25) is 0 Å². The molecular weight excluding hydrogens is 251 g/mol. The Morgan fingerprint density at radius 2 is 1.89 bits per heavy atom. The number of rotatable bonds is 3. The minimum Gasteiger partial charge on any atom is -0.406 e. The first-order valence-electron chi connectivity index (χ1n) is 4.90. The van der Waals surface area contributed by atoms with E-state index in [9.17, 15) is 13.2 Å². The number of halogens is 3. The van der Waals surface area contributed by atoms with Gasteiger partial charge in [-0.2, -0.15) is 0 Å². The molecule has 2 rings (SSSR count). The van der Waals surface area contributed by atoms with E-state index < -0.39 is 6.36 Å². The second-order valence-corrected chi connectivity index (χ2v) is 3.41. The molecule has 1 heterocycles. The number of aliphatic hydroxyl groups excluding tert-OH is 1. The second kappa shape index (κ2) is 4.69. The summed E-state index contributed by atoms with van der Waals surface area (Å²) in [5.74, 6) is 0.0470. The van der Waals surface area contributed by atoms with Crippen molar-refractivity contribution in [3.63, 3.8) is 0 Å². The molecule has 2 aromatic rings. The normalized spacial score (nSPS) is 11.6. The molecule has 0 spiro atoms. The van der Waals surface area contributed by atoms with Crippen molar-refractivity contribution in [2.75, 3.05) is 0 Å². The van der Waals surface area contributed by atoms with Crippen molar-refractivity contribution in [2.24, 2.45) is 0 Å². The molecule has 0 aliphatic heterocycles. The third kappa shape index (κ3) is 3.01. The van der Waals surface area contributed by atoms with Gasteiger partial charge in [0.1, 0.15) is 11.4 Å². The van der Waals surface area contributed by atoms with Crippen LogP contribution in [0, 0.1) is 0 Å². The summed E-state index contributed by atoms with van der Waals surface area (Å²) in [6, 6.07) is 6.65. The summed E-state index contributed by atoms with van der Waals surface area (Å²) in [5, 5.41) is 12.4. The highest BCUT2D eigenvalue weighted by Crippen LogP contribution is 2.26. The molecule has 0 unspecified atom stereocenters. The van der Waals surface area contributed by atoms with E-state index in [1.807, 2.05) is 0 Å². The van der Waals surface area contributed by atoms with Crippen LogP contribution in [0.3, 0.4) is 0 Å². The quantitative estimate of drug-likeness (QED) is 0.920. The Balaban J connectivity index is 2.17. The van der Waals surface area contributed by atoms with Crippen molar-refractivity contribution < 1.29 is 27.5 Å². The first-order chi connectivity index (χ1) is 8.48. The highest BCUT2D eigenvalue weighted by molar-refractivity contribution is 5.58. The first-order valence-corrected chi connectivity index (χ1v) is 4.90. The molecule has 0 amide bonds. The van der Waals surface area contributed by atoms with Crippen LogP contribution in [0.15, 0.2) is 34.9 Å². The monoisotopic (exact) mass is 259 g/mol. The first kappa shape index (κ1) is 12.4. The number of hydrogen-bond acceptors (Lipinski definition) is 4. The summed E-state index contributed by atoms with van der Waals surface area (Å²) in [5.41, 5.74) is 0.886. The Morgan fingerprint density at radius 3 is 2.39 bits per heavy atom. The minimum absolute atomic E-state index is 0.265. The molecule has 0 radical (unpaired) electrons. The van der Waals surface area contributed by atoms with Crippen molar-refractivity contribution in [3.8, 4) is 17.1 Å². The molecule has 7 heteroatoms. The zero-order valence-corrected chi connectivity index (χ0v) is 8.94. The molecule has 96 valence electrons. The van der Waals surface area contributed by atoms with Crippen LogP contribution in [0.5, 0.6) is 5.75 Å². The van der Waals surface area contributed by atoms with Crippen molar-refractivity contribution in [3.05, 3.63) is 36.0 Å². The van der Waals surface area contributed by atoms with E-state index >= 15 is 0 Å². The van der Waals surface area contributed by atoms with Gasteiger partial charge in [0.2, 0.25) is 0 Å². The van der Waals surface area contributed by atoms with Crippen LogP contribution in [0.2, 0.25) is 0 Å². The number of nitrogens with zero attached hydrogens (tertiary/aromatic N) is 1. The van der Waals surface area contributed by atoms with Gasteiger partial charge in [-0.05, 0) is 24.3 Å². The molecule has 0 fully saturated rings. The van der Waals surface area contributed by atoms with E-state index in [-0.39, 0.29) is 12.4 Å². The Morgan fingerprint density at radius 1 is 1.22 bits per heavy atom. The summed E-state index contributed by atoms with van der Waals surface area (Å²) in [6.07, 6.45) is -4.71. The summed E-state index contributed by atoms with van der Waals surface area (Å²) in [7, 11) is 0. The van der Waals surface area contributed by atoms with Crippen LogP contribution >= 0.6 is 0 Å². The standard InChI is InChI=1S/C11H8F3NO3/c12-11(13,14)17-9-3-1-7(2-4-9)10-5-8(6-16)15-18-10/h1-5,16H,6H2. The predicted molar refractivity (Wildman–Crippen MR) is 54.5 cm³/mol. The van der Waals surface area contributed by atoms with Crippen LogP contribution in [-0.4, -0.2) is 16.6 Å². The fourth-order valence-electron chi connectivity index (χ4n) is 1.34. The van der Waals surface area contributed by atoms with Crippen LogP contribution in [0.25, 0.3) is 11.3 Å². The average Bonchev–Trinajstić information content (AvgIpc) is 2.76. The van der Waals surface area contributed by atoms with Gasteiger partial charge in [-0.25, -0.2) is 0 Å². The molecule has 0 saturated carbocycles. The lowest BCUT2D eigenvalue weighted by atomic mass is 10.1. The van der Waals surface area contributed by atoms with E-state index in [4.69, 9.17) is 9.63 Å². The highest BCUT2D eigenvalue weighted by atomic mass is 19.4. The number of hydrogen-bond donors (Lipinski definition) is 1. The smallest absolute Gasteiger partial charge is 0.406 e. The van der Waals surface area contributed by atoms with Gasteiger partial charge in [0, 0.05) is 11.6 Å². The summed E-state index contributed by atoms with van der Waals surface area (Å²) in [6.45, 7) is -0.265. The van der Waals surface area contributed by atoms with Gasteiger partial charge in [0.05, 0.1) is 6.61 Å². The fourth-order valence-corrected chi connectivity index (χ4v) is 1.34. The molecule has 0 bridgehead atoms. The molecule has 0 aliphatic rings. The van der Waals surface area contributed by atoms with Gasteiger partial charge in [-0.15, -0.1) is 13.2 Å². The number of aromatic nitrogens is 1. The van der Waals surface area contributed by atoms with Gasteiger partial charge in [0.25, 0.3) is 0 Å². The van der Waals surface area contributed by atoms with E-state index in [0.717, 1.165) is 0 Å². The van der Waals surface area contributed by atoms with Crippen molar-refractivity contribution >= 4 is 0 Å². The zero-order valence-electron chi connectivity index (χ0n) is 8.94. The SMILES string of the molecule is OCc1cc(-c2ccc(OC(F)(F)F)cc2)on1. The van der Waals surface area contributed by atoms with Gasteiger partial charge >= 0.3 is 6.36 Å². The lowest BCUT2D eigenvalue weighted by Gasteiger charge is -2.08. The summed E-state index contributed by atoms with van der Waals surface area (Å²) >= 11 is 0. The molecule has 0 aliphatic carbocycles. The molecule has 1 aromatic heterocycles. The van der Waals surface area contributed by atoms with Crippen LogP contribution in [-0.2, 0) is 6.61 Å². The number of aliphatic hydroxyl groups is 1.